The average Bonchev–Trinajstić information content (AvgIpc) is 2.34. The first-order valence-electron chi connectivity index (χ1n) is 6.78. The summed E-state index contributed by atoms with van der Waals surface area (Å²) in [6.45, 7) is 11.0. The molecule has 2 unspecified atom stereocenters. The van der Waals surface area contributed by atoms with E-state index in [0.717, 1.165) is 12.0 Å². The van der Waals surface area contributed by atoms with Gasteiger partial charge in [0.1, 0.15) is 0 Å². The van der Waals surface area contributed by atoms with Crippen LogP contribution in [0.1, 0.15) is 49.8 Å². The van der Waals surface area contributed by atoms with Crippen molar-refractivity contribution < 1.29 is 5.11 Å². The smallest absolute Gasteiger partial charge is 0.0671 e. The van der Waals surface area contributed by atoms with Gasteiger partial charge < -0.3 is 10.8 Å². The van der Waals surface area contributed by atoms with Crippen LogP contribution >= 0.6 is 0 Å². The number of aliphatic hydroxyl groups excluding tert-OH is 1. The summed E-state index contributed by atoms with van der Waals surface area (Å²) in [5.74, 6) is 0.0132. The van der Waals surface area contributed by atoms with Crippen LogP contribution in [-0.4, -0.2) is 17.8 Å². The van der Waals surface area contributed by atoms with Crippen molar-refractivity contribution in [2.75, 3.05) is 6.54 Å². The number of benzene rings is 1. The Hall–Kier alpha value is -0.860. The van der Waals surface area contributed by atoms with Gasteiger partial charge in [-0.25, -0.2) is 0 Å². The maximum Gasteiger partial charge on any atom is 0.0671 e. The highest BCUT2D eigenvalue weighted by atomic mass is 16.3. The fourth-order valence-electron chi connectivity index (χ4n) is 2.20. The molecule has 0 heterocycles. The molecule has 0 aliphatic carbocycles. The number of aliphatic hydroxyl groups is 1. The molecule has 0 spiro atoms. The fourth-order valence-corrected chi connectivity index (χ4v) is 2.20. The summed E-state index contributed by atoms with van der Waals surface area (Å²) in [4.78, 5) is 0. The van der Waals surface area contributed by atoms with Gasteiger partial charge in [-0.15, -0.1) is 0 Å². The van der Waals surface area contributed by atoms with Crippen molar-refractivity contribution in [2.45, 2.75) is 53.1 Å². The summed E-state index contributed by atoms with van der Waals surface area (Å²) in [6, 6.07) is 6.36. The largest absolute Gasteiger partial charge is 0.392 e. The Morgan fingerprint density at radius 2 is 1.83 bits per heavy atom. The van der Waals surface area contributed by atoms with E-state index in [2.05, 4.69) is 52.8 Å². The summed E-state index contributed by atoms with van der Waals surface area (Å²) in [7, 11) is 0. The van der Waals surface area contributed by atoms with Gasteiger partial charge in [0, 0.05) is 12.5 Å². The maximum atomic E-state index is 10.6. The van der Waals surface area contributed by atoms with E-state index in [1.54, 1.807) is 0 Å². The monoisotopic (exact) mass is 249 g/mol. The molecular weight excluding hydrogens is 222 g/mol. The molecule has 3 N–H and O–H groups in total. The van der Waals surface area contributed by atoms with Crippen molar-refractivity contribution >= 4 is 0 Å². The molecule has 0 saturated heterocycles. The van der Waals surface area contributed by atoms with Gasteiger partial charge in [-0.1, -0.05) is 39.0 Å². The second kappa shape index (κ2) is 5.85. The normalized spacial score (nSPS) is 15.5. The molecule has 2 nitrogen and oxygen atoms in total. The molecule has 0 aliphatic heterocycles. The predicted octanol–water partition coefficient (Wildman–Crippen LogP) is 3.14. The van der Waals surface area contributed by atoms with Crippen LogP contribution in [0.4, 0.5) is 0 Å². The van der Waals surface area contributed by atoms with Crippen molar-refractivity contribution in [3.63, 3.8) is 0 Å². The maximum absolute atomic E-state index is 10.6. The molecule has 0 radical (unpaired) electrons. The molecule has 1 aromatic carbocycles. The summed E-state index contributed by atoms with van der Waals surface area (Å²) in [5.41, 5.74) is 9.46. The minimum atomic E-state index is -0.408. The van der Waals surface area contributed by atoms with Crippen LogP contribution in [0.5, 0.6) is 0 Å². The van der Waals surface area contributed by atoms with Crippen LogP contribution in [-0.2, 0) is 0 Å². The molecule has 1 aromatic rings. The lowest BCUT2D eigenvalue weighted by Crippen LogP contribution is -2.37. The SMILES string of the molecule is CCC(C)(C)C(O)C(CN)c1ccc(C)c(C)c1. The van der Waals surface area contributed by atoms with Gasteiger partial charge in [0.25, 0.3) is 0 Å². The fraction of sp³-hybridized carbons (Fsp3) is 0.625. The Balaban J connectivity index is 3.06. The molecule has 0 saturated carbocycles. The lowest BCUT2D eigenvalue weighted by molar-refractivity contribution is 0.0264. The van der Waals surface area contributed by atoms with E-state index < -0.39 is 6.10 Å². The van der Waals surface area contributed by atoms with Crippen LogP contribution in [0.3, 0.4) is 0 Å². The Morgan fingerprint density at radius 1 is 1.22 bits per heavy atom. The van der Waals surface area contributed by atoms with Crippen molar-refractivity contribution in [1.82, 2.24) is 0 Å². The Morgan fingerprint density at radius 3 is 2.28 bits per heavy atom. The number of nitrogens with two attached hydrogens (primary N) is 1. The molecular formula is C16H27NO. The van der Waals surface area contributed by atoms with E-state index in [0.29, 0.717) is 6.54 Å². The molecule has 0 aromatic heterocycles. The topological polar surface area (TPSA) is 46.2 Å². The first-order chi connectivity index (χ1) is 8.33. The number of hydrogen-bond donors (Lipinski definition) is 2. The van der Waals surface area contributed by atoms with E-state index >= 15 is 0 Å². The van der Waals surface area contributed by atoms with Crippen LogP contribution in [0, 0.1) is 19.3 Å². The predicted molar refractivity (Wildman–Crippen MR) is 77.8 cm³/mol. The van der Waals surface area contributed by atoms with Crippen LogP contribution < -0.4 is 5.73 Å². The standard InChI is InChI=1S/C16H27NO/c1-6-16(4,5)15(18)14(10-17)13-8-7-11(2)12(3)9-13/h7-9,14-15,18H,6,10,17H2,1-5H3. The molecule has 0 amide bonds. The minimum Gasteiger partial charge on any atom is -0.392 e. The summed E-state index contributed by atoms with van der Waals surface area (Å²) in [5, 5.41) is 10.6. The van der Waals surface area contributed by atoms with Gasteiger partial charge in [0.05, 0.1) is 6.10 Å². The second-order valence-corrected chi connectivity index (χ2v) is 5.97. The third-order valence-electron chi connectivity index (χ3n) is 4.31. The van der Waals surface area contributed by atoms with Gasteiger partial charge in [-0.2, -0.15) is 0 Å². The minimum absolute atomic E-state index is 0.0132. The van der Waals surface area contributed by atoms with E-state index in [-0.39, 0.29) is 11.3 Å². The summed E-state index contributed by atoms with van der Waals surface area (Å²) in [6.07, 6.45) is 0.532. The first kappa shape index (κ1) is 15.2. The number of hydrogen-bond acceptors (Lipinski definition) is 2. The van der Waals surface area contributed by atoms with E-state index in [1.807, 2.05) is 0 Å². The van der Waals surface area contributed by atoms with Gasteiger partial charge in [0.2, 0.25) is 0 Å². The Kier molecular flexibility index (Phi) is 4.94. The van der Waals surface area contributed by atoms with Gasteiger partial charge in [-0.05, 0) is 42.4 Å². The Bertz CT molecular complexity index is 398. The molecule has 102 valence electrons. The molecule has 1 rings (SSSR count). The van der Waals surface area contributed by atoms with E-state index in [4.69, 9.17) is 5.73 Å². The van der Waals surface area contributed by atoms with Crippen molar-refractivity contribution in [3.05, 3.63) is 34.9 Å². The first-order valence-corrected chi connectivity index (χ1v) is 6.78. The van der Waals surface area contributed by atoms with E-state index in [9.17, 15) is 5.11 Å². The zero-order valence-corrected chi connectivity index (χ0v) is 12.3. The van der Waals surface area contributed by atoms with Crippen molar-refractivity contribution in [3.8, 4) is 0 Å². The van der Waals surface area contributed by atoms with Gasteiger partial charge in [0.15, 0.2) is 0 Å². The molecule has 0 aliphatic rings. The van der Waals surface area contributed by atoms with Gasteiger partial charge >= 0.3 is 0 Å². The van der Waals surface area contributed by atoms with Crippen molar-refractivity contribution in [1.29, 1.82) is 0 Å². The molecule has 2 atom stereocenters. The summed E-state index contributed by atoms with van der Waals surface area (Å²) >= 11 is 0. The Labute approximate surface area is 111 Å². The third-order valence-corrected chi connectivity index (χ3v) is 4.31. The molecule has 2 heteroatoms. The highest BCUT2D eigenvalue weighted by molar-refractivity contribution is 5.33. The zero-order valence-electron chi connectivity index (χ0n) is 12.3. The second-order valence-electron chi connectivity index (χ2n) is 5.97. The highest BCUT2D eigenvalue weighted by Crippen LogP contribution is 2.34. The number of rotatable bonds is 5. The van der Waals surface area contributed by atoms with Crippen LogP contribution in [0.25, 0.3) is 0 Å². The molecule has 0 fully saturated rings. The molecule has 0 bridgehead atoms. The zero-order chi connectivity index (χ0) is 13.9. The van der Waals surface area contributed by atoms with Crippen LogP contribution in [0.15, 0.2) is 18.2 Å². The van der Waals surface area contributed by atoms with Crippen LogP contribution in [0.2, 0.25) is 0 Å². The van der Waals surface area contributed by atoms with Gasteiger partial charge in [-0.3, -0.25) is 0 Å². The van der Waals surface area contributed by atoms with Crippen molar-refractivity contribution in [2.24, 2.45) is 11.1 Å². The average molecular weight is 249 g/mol. The third kappa shape index (κ3) is 3.12. The molecule has 18 heavy (non-hydrogen) atoms. The highest BCUT2D eigenvalue weighted by Gasteiger charge is 2.33. The number of aryl methyl sites for hydroxylation is 2. The van der Waals surface area contributed by atoms with E-state index in [1.165, 1.54) is 11.1 Å². The quantitative estimate of drug-likeness (QED) is 0.842. The lowest BCUT2D eigenvalue weighted by Gasteiger charge is -2.35. The summed E-state index contributed by atoms with van der Waals surface area (Å²) < 4.78 is 0. The lowest BCUT2D eigenvalue weighted by atomic mass is 9.75.